The first-order valence-corrected chi connectivity index (χ1v) is 12.4. The van der Waals surface area contributed by atoms with Gasteiger partial charge in [0.2, 0.25) is 0 Å². The molecule has 194 valence electrons. The maximum atomic E-state index is 12.6. The molecule has 0 fully saturated rings. The fourth-order valence-corrected chi connectivity index (χ4v) is 3.85. The Morgan fingerprint density at radius 3 is 2.46 bits per heavy atom. The highest BCUT2D eigenvalue weighted by molar-refractivity contribution is 6.36. The first kappa shape index (κ1) is 28.0. The molecule has 1 amide bonds. The number of hydrazone groups is 1. The Morgan fingerprint density at radius 1 is 0.973 bits per heavy atom. The van der Waals surface area contributed by atoms with Crippen molar-refractivity contribution in [1.29, 1.82) is 0 Å². The molecule has 9 heteroatoms. The number of nitrogens with one attached hydrogen (secondary N) is 1. The van der Waals surface area contributed by atoms with E-state index in [1.807, 2.05) is 32.0 Å². The summed E-state index contributed by atoms with van der Waals surface area (Å²) in [6, 6.07) is 15.3. The van der Waals surface area contributed by atoms with E-state index in [0.29, 0.717) is 28.7 Å². The topological polar surface area (TPSA) is 86.2 Å². The molecule has 0 aliphatic heterocycles. The Bertz CT molecular complexity index is 1310. The third kappa shape index (κ3) is 7.97. The van der Waals surface area contributed by atoms with Crippen molar-refractivity contribution >= 4 is 41.3 Å². The molecule has 3 rings (SSSR count). The molecule has 0 atom stereocenters. The Balaban J connectivity index is 1.63. The van der Waals surface area contributed by atoms with Gasteiger partial charge in [0.1, 0.15) is 5.75 Å². The van der Waals surface area contributed by atoms with E-state index >= 15 is 0 Å². The Kier molecular flexibility index (Phi) is 9.94. The lowest BCUT2D eigenvalue weighted by Gasteiger charge is -2.14. The standard InChI is InChI=1S/C28H28Cl2N2O5/c1-5-35-26-13-19(7-11-24(26)37-28(34)22-10-8-20(29)14-23(22)30)15-31-32-27(33)16-36-25-12-18(4)6-9-21(25)17(2)3/h6-15,17H,5,16H2,1-4H3,(H,32,33). The number of esters is 1. The van der Waals surface area contributed by atoms with Gasteiger partial charge in [-0.3, -0.25) is 4.79 Å². The molecular formula is C28H28Cl2N2O5. The molecule has 0 heterocycles. The van der Waals surface area contributed by atoms with Gasteiger partial charge in [0.05, 0.1) is 23.4 Å². The number of carbonyl (C=O) groups is 2. The van der Waals surface area contributed by atoms with Gasteiger partial charge in [0.25, 0.3) is 5.91 Å². The second kappa shape index (κ2) is 13.1. The molecule has 7 nitrogen and oxygen atoms in total. The molecule has 0 radical (unpaired) electrons. The highest BCUT2D eigenvalue weighted by Gasteiger charge is 2.16. The molecule has 0 bridgehead atoms. The van der Waals surface area contributed by atoms with Gasteiger partial charge >= 0.3 is 5.97 Å². The minimum Gasteiger partial charge on any atom is -0.490 e. The van der Waals surface area contributed by atoms with Gasteiger partial charge in [-0.1, -0.05) is 49.2 Å². The van der Waals surface area contributed by atoms with Gasteiger partial charge in [-0.15, -0.1) is 0 Å². The number of aryl methyl sites for hydroxylation is 1. The molecular weight excluding hydrogens is 515 g/mol. The fraction of sp³-hybridized carbons (Fsp3) is 0.250. The van der Waals surface area contributed by atoms with Crippen molar-refractivity contribution in [2.24, 2.45) is 5.10 Å². The van der Waals surface area contributed by atoms with Gasteiger partial charge in [-0.05, 0) is 78.9 Å². The third-order valence-corrected chi connectivity index (χ3v) is 5.72. The van der Waals surface area contributed by atoms with Crippen LogP contribution >= 0.6 is 23.2 Å². The highest BCUT2D eigenvalue weighted by Crippen LogP contribution is 2.30. The first-order valence-electron chi connectivity index (χ1n) is 11.7. The molecule has 0 saturated heterocycles. The van der Waals surface area contributed by atoms with Crippen LogP contribution in [0, 0.1) is 6.92 Å². The number of benzene rings is 3. The van der Waals surface area contributed by atoms with Gasteiger partial charge in [-0.25, -0.2) is 10.2 Å². The highest BCUT2D eigenvalue weighted by atomic mass is 35.5. The lowest BCUT2D eigenvalue weighted by atomic mass is 10.0. The van der Waals surface area contributed by atoms with E-state index in [2.05, 4.69) is 24.4 Å². The number of rotatable bonds is 10. The SMILES string of the molecule is CCOc1cc(C=NNC(=O)COc2cc(C)ccc2C(C)C)ccc1OC(=O)c1ccc(Cl)cc1Cl. The molecule has 0 aliphatic carbocycles. The van der Waals surface area contributed by atoms with Gasteiger partial charge in [0, 0.05) is 5.02 Å². The molecule has 3 aromatic rings. The van der Waals surface area contributed by atoms with Crippen LogP contribution in [0.1, 0.15) is 53.7 Å². The summed E-state index contributed by atoms with van der Waals surface area (Å²) in [4.78, 5) is 24.8. The van der Waals surface area contributed by atoms with Crippen molar-refractivity contribution in [1.82, 2.24) is 5.43 Å². The van der Waals surface area contributed by atoms with Crippen LogP contribution in [0.2, 0.25) is 10.0 Å². The largest absolute Gasteiger partial charge is 0.490 e. The number of halogens is 2. The maximum Gasteiger partial charge on any atom is 0.345 e. The minimum absolute atomic E-state index is 0.174. The van der Waals surface area contributed by atoms with E-state index in [0.717, 1.165) is 11.1 Å². The molecule has 3 aromatic carbocycles. The van der Waals surface area contributed by atoms with Crippen LogP contribution in [-0.2, 0) is 4.79 Å². The third-order valence-electron chi connectivity index (χ3n) is 5.17. The van der Waals surface area contributed by atoms with Crippen LogP contribution in [0.4, 0.5) is 0 Å². The number of nitrogens with zero attached hydrogens (tertiary/aromatic N) is 1. The van der Waals surface area contributed by atoms with Crippen LogP contribution in [-0.4, -0.2) is 31.3 Å². The van der Waals surface area contributed by atoms with Crippen molar-refractivity contribution < 1.29 is 23.8 Å². The number of carbonyl (C=O) groups excluding carboxylic acids is 2. The molecule has 0 aliphatic rings. The van der Waals surface area contributed by atoms with E-state index in [1.165, 1.54) is 18.3 Å². The first-order chi connectivity index (χ1) is 17.7. The zero-order valence-corrected chi connectivity index (χ0v) is 22.5. The zero-order valence-electron chi connectivity index (χ0n) is 21.0. The smallest absolute Gasteiger partial charge is 0.345 e. The normalized spacial score (nSPS) is 11.0. The fourth-order valence-electron chi connectivity index (χ4n) is 3.37. The van der Waals surface area contributed by atoms with Crippen molar-refractivity contribution in [3.8, 4) is 17.2 Å². The van der Waals surface area contributed by atoms with E-state index in [4.69, 9.17) is 37.4 Å². The van der Waals surface area contributed by atoms with Crippen LogP contribution in [0.25, 0.3) is 0 Å². The number of ether oxygens (including phenoxy) is 3. The number of hydrogen-bond acceptors (Lipinski definition) is 6. The van der Waals surface area contributed by atoms with Gasteiger partial charge in [-0.2, -0.15) is 5.10 Å². The van der Waals surface area contributed by atoms with Gasteiger partial charge in [0.15, 0.2) is 18.1 Å². The van der Waals surface area contributed by atoms with E-state index in [9.17, 15) is 9.59 Å². The van der Waals surface area contributed by atoms with E-state index in [1.54, 1.807) is 24.3 Å². The second-order valence-electron chi connectivity index (χ2n) is 8.43. The molecule has 1 N–H and O–H groups in total. The molecule has 0 saturated carbocycles. The van der Waals surface area contributed by atoms with E-state index < -0.39 is 11.9 Å². The summed E-state index contributed by atoms with van der Waals surface area (Å²) in [7, 11) is 0. The summed E-state index contributed by atoms with van der Waals surface area (Å²) >= 11 is 12.0. The van der Waals surface area contributed by atoms with Crippen LogP contribution in [0.5, 0.6) is 17.2 Å². The predicted molar refractivity (Wildman–Crippen MR) is 146 cm³/mol. The lowest BCUT2D eigenvalue weighted by Crippen LogP contribution is -2.25. The minimum atomic E-state index is -0.648. The Morgan fingerprint density at radius 2 is 1.76 bits per heavy atom. The summed E-state index contributed by atoms with van der Waals surface area (Å²) in [5.41, 5.74) is 5.33. The van der Waals surface area contributed by atoms with Crippen molar-refractivity contribution in [2.45, 2.75) is 33.6 Å². The molecule has 0 aromatic heterocycles. The Labute approximate surface area is 226 Å². The van der Waals surface area contributed by atoms with Crippen molar-refractivity contribution in [3.63, 3.8) is 0 Å². The maximum absolute atomic E-state index is 12.6. The summed E-state index contributed by atoms with van der Waals surface area (Å²) in [5.74, 6) is 0.447. The summed E-state index contributed by atoms with van der Waals surface area (Å²) < 4.78 is 16.8. The van der Waals surface area contributed by atoms with Gasteiger partial charge < -0.3 is 14.2 Å². The number of amides is 1. The van der Waals surface area contributed by atoms with Crippen LogP contribution < -0.4 is 19.6 Å². The lowest BCUT2D eigenvalue weighted by molar-refractivity contribution is -0.123. The summed E-state index contributed by atoms with van der Waals surface area (Å²) in [6.45, 7) is 8.08. The summed E-state index contributed by atoms with van der Waals surface area (Å²) in [5, 5.41) is 4.58. The quantitative estimate of drug-likeness (QED) is 0.135. The molecule has 0 unspecified atom stereocenters. The Hall–Kier alpha value is -3.55. The summed E-state index contributed by atoms with van der Waals surface area (Å²) in [6.07, 6.45) is 1.45. The second-order valence-corrected chi connectivity index (χ2v) is 9.27. The number of hydrogen-bond donors (Lipinski definition) is 1. The predicted octanol–water partition coefficient (Wildman–Crippen LogP) is 6.57. The van der Waals surface area contributed by atoms with Crippen molar-refractivity contribution in [2.75, 3.05) is 13.2 Å². The molecule has 37 heavy (non-hydrogen) atoms. The van der Waals surface area contributed by atoms with Crippen LogP contribution in [0.15, 0.2) is 59.7 Å². The average molecular weight is 543 g/mol. The van der Waals surface area contributed by atoms with Crippen LogP contribution in [0.3, 0.4) is 0 Å². The van der Waals surface area contributed by atoms with E-state index in [-0.39, 0.29) is 28.9 Å². The zero-order chi connectivity index (χ0) is 26.9. The molecule has 0 spiro atoms. The van der Waals surface area contributed by atoms with Crippen molar-refractivity contribution in [3.05, 3.63) is 86.9 Å². The monoisotopic (exact) mass is 542 g/mol. The average Bonchev–Trinajstić information content (AvgIpc) is 2.84.